The minimum atomic E-state index is -0.637. The van der Waals surface area contributed by atoms with Gasteiger partial charge in [-0.3, -0.25) is 19.7 Å². The van der Waals surface area contributed by atoms with E-state index in [0.29, 0.717) is 6.42 Å². The van der Waals surface area contributed by atoms with Crippen molar-refractivity contribution >= 4 is 23.8 Å². The van der Waals surface area contributed by atoms with E-state index in [1.165, 1.54) is 6.08 Å². The molecule has 0 radical (unpaired) electrons. The van der Waals surface area contributed by atoms with E-state index in [4.69, 9.17) is 0 Å². The molecule has 1 saturated heterocycles. The van der Waals surface area contributed by atoms with Crippen LogP contribution >= 0.6 is 0 Å². The van der Waals surface area contributed by atoms with E-state index in [9.17, 15) is 14.4 Å². The summed E-state index contributed by atoms with van der Waals surface area (Å²) >= 11 is 0. The Kier molecular flexibility index (Phi) is 4.30. The normalized spacial score (nSPS) is 18.9. The van der Waals surface area contributed by atoms with E-state index in [1.807, 2.05) is 31.2 Å². The molecule has 5 heteroatoms. The first-order valence-corrected chi connectivity index (χ1v) is 6.43. The Morgan fingerprint density at radius 3 is 2.90 bits per heavy atom. The maximum absolute atomic E-state index is 11.7. The van der Waals surface area contributed by atoms with Gasteiger partial charge in [-0.05, 0) is 25.0 Å². The summed E-state index contributed by atoms with van der Waals surface area (Å²) in [5, 5.41) is 4.78. The molecule has 0 saturated carbocycles. The third-order valence-electron chi connectivity index (χ3n) is 3.02. The number of amides is 3. The lowest BCUT2D eigenvalue weighted by molar-refractivity contribution is -0.136. The van der Waals surface area contributed by atoms with Crippen LogP contribution in [0.15, 0.2) is 30.3 Å². The second kappa shape index (κ2) is 6.14. The molecule has 1 fully saturated rings. The predicted molar refractivity (Wildman–Crippen MR) is 74.5 cm³/mol. The number of hydrogen-bond acceptors (Lipinski definition) is 3. The molecule has 104 valence electrons. The van der Waals surface area contributed by atoms with Crippen molar-refractivity contribution in [3.8, 4) is 0 Å². The largest absolute Gasteiger partial charge is 0.341 e. The third-order valence-corrected chi connectivity index (χ3v) is 3.02. The first-order valence-electron chi connectivity index (χ1n) is 6.43. The Hall–Kier alpha value is -2.43. The van der Waals surface area contributed by atoms with Crippen molar-refractivity contribution in [2.45, 2.75) is 25.8 Å². The van der Waals surface area contributed by atoms with Crippen LogP contribution in [-0.2, 0) is 14.4 Å². The number of imide groups is 1. The molecule has 1 aliphatic rings. The van der Waals surface area contributed by atoms with E-state index in [2.05, 4.69) is 10.6 Å². The Balaban J connectivity index is 1.92. The highest BCUT2D eigenvalue weighted by Crippen LogP contribution is 2.07. The number of piperidine rings is 1. The fraction of sp³-hybridized carbons (Fsp3) is 0.267. The number of carbonyl (C=O) groups is 3. The van der Waals surface area contributed by atoms with Gasteiger partial charge in [-0.15, -0.1) is 0 Å². The van der Waals surface area contributed by atoms with Crippen molar-refractivity contribution < 1.29 is 14.4 Å². The molecule has 1 unspecified atom stereocenters. The molecule has 1 atom stereocenters. The second-order valence-corrected chi connectivity index (χ2v) is 4.76. The SMILES string of the molecule is Cc1cccc(C=CC(=O)NC2CCC(=O)NC2=O)c1. The number of hydrogen-bond donors (Lipinski definition) is 2. The maximum atomic E-state index is 11.7. The molecule has 2 rings (SSSR count). The Labute approximate surface area is 117 Å². The average molecular weight is 272 g/mol. The summed E-state index contributed by atoms with van der Waals surface area (Å²) < 4.78 is 0. The van der Waals surface area contributed by atoms with Gasteiger partial charge in [0.2, 0.25) is 17.7 Å². The van der Waals surface area contributed by atoms with E-state index in [1.54, 1.807) is 6.08 Å². The van der Waals surface area contributed by atoms with Gasteiger partial charge in [0.1, 0.15) is 6.04 Å². The molecule has 0 spiro atoms. The number of nitrogens with one attached hydrogen (secondary N) is 2. The number of aryl methyl sites for hydroxylation is 1. The topological polar surface area (TPSA) is 75.3 Å². The van der Waals surface area contributed by atoms with E-state index in [-0.39, 0.29) is 18.2 Å². The molecule has 1 aliphatic heterocycles. The standard InChI is InChI=1S/C15H16N2O3/c1-10-3-2-4-11(9-10)5-7-13(18)16-12-6-8-14(19)17-15(12)20/h2-5,7,9,12H,6,8H2,1H3,(H,16,18)(H,17,19,20). The van der Waals surface area contributed by atoms with Crippen LogP contribution in [0.1, 0.15) is 24.0 Å². The lowest BCUT2D eigenvalue weighted by Gasteiger charge is -2.20. The smallest absolute Gasteiger partial charge is 0.249 e. The highest BCUT2D eigenvalue weighted by atomic mass is 16.2. The van der Waals surface area contributed by atoms with E-state index in [0.717, 1.165) is 11.1 Å². The number of benzene rings is 1. The van der Waals surface area contributed by atoms with Gasteiger partial charge >= 0.3 is 0 Å². The van der Waals surface area contributed by atoms with Crippen LogP contribution in [0.5, 0.6) is 0 Å². The molecule has 3 amide bonds. The van der Waals surface area contributed by atoms with Crippen molar-refractivity contribution in [1.29, 1.82) is 0 Å². The quantitative estimate of drug-likeness (QED) is 0.635. The Morgan fingerprint density at radius 1 is 1.40 bits per heavy atom. The monoisotopic (exact) mass is 272 g/mol. The highest BCUT2D eigenvalue weighted by molar-refractivity contribution is 6.03. The summed E-state index contributed by atoms with van der Waals surface area (Å²) in [5.74, 6) is -1.09. The van der Waals surface area contributed by atoms with Gasteiger partial charge in [-0.2, -0.15) is 0 Å². The molecular formula is C15H16N2O3. The Morgan fingerprint density at radius 2 is 2.20 bits per heavy atom. The summed E-state index contributed by atoms with van der Waals surface area (Å²) in [4.78, 5) is 34.2. The summed E-state index contributed by atoms with van der Waals surface area (Å²) in [6.45, 7) is 1.97. The van der Waals surface area contributed by atoms with E-state index >= 15 is 0 Å². The molecule has 2 N–H and O–H groups in total. The lowest BCUT2D eigenvalue weighted by Crippen LogP contribution is -2.51. The van der Waals surface area contributed by atoms with Crippen molar-refractivity contribution in [2.75, 3.05) is 0 Å². The van der Waals surface area contributed by atoms with Gasteiger partial charge < -0.3 is 5.32 Å². The molecule has 0 aromatic heterocycles. The fourth-order valence-electron chi connectivity index (χ4n) is 2.00. The molecule has 1 aromatic rings. The zero-order valence-electron chi connectivity index (χ0n) is 11.2. The minimum Gasteiger partial charge on any atom is -0.341 e. The molecule has 1 aromatic carbocycles. The summed E-state index contributed by atoms with van der Waals surface area (Å²) in [5.41, 5.74) is 2.03. The predicted octanol–water partition coefficient (Wildman–Crippen LogP) is 0.930. The van der Waals surface area contributed by atoms with Gasteiger partial charge in [0.25, 0.3) is 0 Å². The zero-order valence-corrected chi connectivity index (χ0v) is 11.2. The zero-order chi connectivity index (χ0) is 14.5. The van der Waals surface area contributed by atoms with Crippen molar-refractivity contribution in [3.63, 3.8) is 0 Å². The van der Waals surface area contributed by atoms with Gasteiger partial charge in [0, 0.05) is 12.5 Å². The van der Waals surface area contributed by atoms with Crippen LogP contribution in [0.25, 0.3) is 6.08 Å². The van der Waals surface area contributed by atoms with Crippen molar-refractivity contribution in [3.05, 3.63) is 41.5 Å². The fourth-order valence-corrected chi connectivity index (χ4v) is 2.00. The van der Waals surface area contributed by atoms with Crippen molar-refractivity contribution in [1.82, 2.24) is 10.6 Å². The summed E-state index contributed by atoms with van der Waals surface area (Å²) in [6.07, 6.45) is 3.67. The van der Waals surface area contributed by atoms with Gasteiger partial charge in [0.05, 0.1) is 0 Å². The van der Waals surface area contributed by atoms with Crippen LogP contribution in [0.2, 0.25) is 0 Å². The number of rotatable bonds is 3. The number of carbonyl (C=O) groups excluding carboxylic acids is 3. The van der Waals surface area contributed by atoms with Crippen LogP contribution < -0.4 is 10.6 Å². The van der Waals surface area contributed by atoms with Crippen LogP contribution in [0.4, 0.5) is 0 Å². The van der Waals surface area contributed by atoms with Gasteiger partial charge in [-0.25, -0.2) is 0 Å². The highest BCUT2D eigenvalue weighted by Gasteiger charge is 2.27. The molecule has 20 heavy (non-hydrogen) atoms. The molecule has 0 bridgehead atoms. The summed E-state index contributed by atoms with van der Waals surface area (Å²) in [7, 11) is 0. The second-order valence-electron chi connectivity index (χ2n) is 4.76. The van der Waals surface area contributed by atoms with E-state index < -0.39 is 11.9 Å². The first-order chi connectivity index (χ1) is 9.54. The van der Waals surface area contributed by atoms with Gasteiger partial charge in [0.15, 0.2) is 0 Å². The molecule has 1 heterocycles. The van der Waals surface area contributed by atoms with Crippen LogP contribution in [-0.4, -0.2) is 23.8 Å². The molecular weight excluding hydrogens is 256 g/mol. The van der Waals surface area contributed by atoms with Crippen LogP contribution in [0.3, 0.4) is 0 Å². The Bertz CT molecular complexity index is 578. The van der Waals surface area contributed by atoms with Crippen LogP contribution in [0, 0.1) is 6.92 Å². The average Bonchev–Trinajstić information content (AvgIpc) is 2.40. The minimum absolute atomic E-state index is 0.248. The van der Waals surface area contributed by atoms with Gasteiger partial charge in [-0.1, -0.05) is 29.8 Å². The molecule has 5 nitrogen and oxygen atoms in total. The maximum Gasteiger partial charge on any atom is 0.249 e. The first kappa shape index (κ1) is 14.0. The van der Waals surface area contributed by atoms with Crippen molar-refractivity contribution in [2.24, 2.45) is 0 Å². The lowest BCUT2D eigenvalue weighted by atomic mass is 10.1. The molecule has 0 aliphatic carbocycles. The summed E-state index contributed by atoms with van der Waals surface area (Å²) in [6, 6.07) is 7.09. The third kappa shape index (κ3) is 3.78.